The molecule has 156 valence electrons. The standard InChI is InChI=1S/C24H23N5OS/c1-17-11-12-18(2)21(14-17)26-22(30)16-31-24-28-27-23(20-10-6-7-13-25-20)29(24)15-19-8-4-3-5-9-19/h3-14H,15-16H2,1-2H3,(H,26,30). The number of aryl methyl sites for hydroxylation is 2. The van der Waals surface area contributed by atoms with Crippen LogP contribution in [0.4, 0.5) is 5.69 Å². The summed E-state index contributed by atoms with van der Waals surface area (Å²) in [5, 5.41) is 12.4. The van der Waals surface area contributed by atoms with Gasteiger partial charge in [-0.25, -0.2) is 0 Å². The average molecular weight is 430 g/mol. The van der Waals surface area contributed by atoms with E-state index in [9.17, 15) is 4.79 Å². The van der Waals surface area contributed by atoms with E-state index < -0.39 is 0 Å². The summed E-state index contributed by atoms with van der Waals surface area (Å²) in [6.07, 6.45) is 1.74. The van der Waals surface area contributed by atoms with Crippen LogP contribution in [-0.2, 0) is 11.3 Å². The SMILES string of the molecule is Cc1ccc(C)c(NC(=O)CSc2nnc(-c3ccccn3)n2Cc2ccccc2)c1. The minimum absolute atomic E-state index is 0.0765. The van der Waals surface area contributed by atoms with Gasteiger partial charge in [-0.2, -0.15) is 0 Å². The lowest BCUT2D eigenvalue weighted by Crippen LogP contribution is -2.15. The molecule has 0 atom stereocenters. The Morgan fingerprint density at radius 2 is 1.81 bits per heavy atom. The van der Waals surface area contributed by atoms with E-state index in [-0.39, 0.29) is 11.7 Å². The highest BCUT2D eigenvalue weighted by molar-refractivity contribution is 7.99. The van der Waals surface area contributed by atoms with Gasteiger partial charge in [0.25, 0.3) is 0 Å². The second-order valence-electron chi connectivity index (χ2n) is 7.25. The molecule has 0 saturated heterocycles. The number of aromatic nitrogens is 4. The van der Waals surface area contributed by atoms with E-state index in [1.807, 2.05) is 73.0 Å². The molecule has 31 heavy (non-hydrogen) atoms. The average Bonchev–Trinajstić information content (AvgIpc) is 3.18. The van der Waals surface area contributed by atoms with Gasteiger partial charge in [-0.15, -0.1) is 10.2 Å². The first-order valence-electron chi connectivity index (χ1n) is 9.98. The summed E-state index contributed by atoms with van der Waals surface area (Å²) >= 11 is 1.37. The summed E-state index contributed by atoms with van der Waals surface area (Å²) in [5.74, 6) is 0.844. The van der Waals surface area contributed by atoms with Crippen LogP contribution in [0.2, 0.25) is 0 Å². The highest BCUT2D eigenvalue weighted by Gasteiger charge is 2.17. The van der Waals surface area contributed by atoms with E-state index >= 15 is 0 Å². The van der Waals surface area contributed by atoms with Gasteiger partial charge >= 0.3 is 0 Å². The molecule has 0 fully saturated rings. The molecule has 0 spiro atoms. The van der Waals surface area contributed by atoms with E-state index in [1.54, 1.807) is 6.20 Å². The molecule has 1 N–H and O–H groups in total. The molecular weight excluding hydrogens is 406 g/mol. The zero-order chi connectivity index (χ0) is 21.6. The zero-order valence-electron chi connectivity index (χ0n) is 17.4. The molecule has 2 heterocycles. The molecular formula is C24H23N5OS. The molecule has 7 heteroatoms. The Bertz CT molecular complexity index is 1180. The van der Waals surface area contributed by atoms with Gasteiger partial charge in [-0.3, -0.25) is 14.3 Å². The molecule has 0 unspecified atom stereocenters. The van der Waals surface area contributed by atoms with Crippen molar-refractivity contribution in [2.24, 2.45) is 0 Å². The van der Waals surface area contributed by atoms with Crippen LogP contribution in [-0.4, -0.2) is 31.4 Å². The van der Waals surface area contributed by atoms with E-state index in [0.717, 1.165) is 28.1 Å². The van der Waals surface area contributed by atoms with E-state index in [2.05, 4.69) is 32.6 Å². The van der Waals surface area contributed by atoms with Gasteiger partial charge in [0.15, 0.2) is 11.0 Å². The molecule has 0 bridgehead atoms. The Balaban J connectivity index is 1.54. The van der Waals surface area contributed by atoms with E-state index in [1.165, 1.54) is 11.8 Å². The first-order valence-corrected chi connectivity index (χ1v) is 11.0. The topological polar surface area (TPSA) is 72.7 Å². The van der Waals surface area contributed by atoms with Crippen LogP contribution >= 0.6 is 11.8 Å². The maximum Gasteiger partial charge on any atom is 0.234 e. The maximum atomic E-state index is 12.6. The number of rotatable bonds is 7. The van der Waals surface area contributed by atoms with Crippen LogP contribution < -0.4 is 5.32 Å². The summed E-state index contributed by atoms with van der Waals surface area (Å²) in [6, 6.07) is 21.8. The maximum absolute atomic E-state index is 12.6. The quantitative estimate of drug-likeness (QED) is 0.430. The number of carbonyl (C=O) groups is 1. The molecule has 0 aliphatic heterocycles. The van der Waals surface area contributed by atoms with Crippen molar-refractivity contribution in [3.8, 4) is 11.5 Å². The van der Waals surface area contributed by atoms with Crippen molar-refractivity contribution in [1.29, 1.82) is 0 Å². The van der Waals surface area contributed by atoms with Crippen LogP contribution in [0.25, 0.3) is 11.5 Å². The Morgan fingerprint density at radius 3 is 2.58 bits per heavy atom. The number of thioether (sulfide) groups is 1. The number of nitrogens with one attached hydrogen (secondary N) is 1. The highest BCUT2D eigenvalue weighted by atomic mass is 32.2. The van der Waals surface area contributed by atoms with Crippen LogP contribution in [0, 0.1) is 13.8 Å². The number of anilines is 1. The van der Waals surface area contributed by atoms with Crippen molar-refractivity contribution >= 4 is 23.4 Å². The second-order valence-corrected chi connectivity index (χ2v) is 8.19. The van der Waals surface area contributed by atoms with Crippen LogP contribution in [0.15, 0.2) is 78.1 Å². The lowest BCUT2D eigenvalue weighted by atomic mass is 10.1. The third-order valence-electron chi connectivity index (χ3n) is 4.79. The molecule has 6 nitrogen and oxygen atoms in total. The van der Waals surface area contributed by atoms with E-state index in [0.29, 0.717) is 17.5 Å². The fourth-order valence-corrected chi connectivity index (χ4v) is 3.91. The predicted octanol–water partition coefficient (Wildman–Crippen LogP) is 4.74. The number of nitrogens with zero attached hydrogens (tertiary/aromatic N) is 4. The van der Waals surface area contributed by atoms with Crippen LogP contribution in [0.5, 0.6) is 0 Å². The van der Waals surface area contributed by atoms with Crippen molar-refractivity contribution < 1.29 is 4.79 Å². The van der Waals surface area contributed by atoms with Crippen molar-refractivity contribution in [2.75, 3.05) is 11.1 Å². The Hall–Kier alpha value is -3.45. The Kier molecular flexibility index (Phi) is 6.43. The third-order valence-corrected chi connectivity index (χ3v) is 5.76. The van der Waals surface area contributed by atoms with Crippen LogP contribution in [0.1, 0.15) is 16.7 Å². The van der Waals surface area contributed by atoms with Gasteiger partial charge in [0.1, 0.15) is 5.69 Å². The number of pyridine rings is 1. The second kappa shape index (κ2) is 9.57. The minimum Gasteiger partial charge on any atom is -0.325 e. The molecule has 0 radical (unpaired) electrons. The summed E-state index contributed by atoms with van der Waals surface area (Å²) in [7, 11) is 0. The van der Waals surface area contributed by atoms with E-state index in [4.69, 9.17) is 0 Å². The molecule has 2 aromatic carbocycles. The summed E-state index contributed by atoms with van der Waals surface area (Å²) in [6.45, 7) is 4.59. The monoisotopic (exact) mass is 429 g/mol. The molecule has 2 aromatic heterocycles. The first-order chi connectivity index (χ1) is 15.1. The van der Waals surface area contributed by atoms with Crippen molar-refractivity contribution in [3.63, 3.8) is 0 Å². The van der Waals surface area contributed by atoms with Crippen molar-refractivity contribution in [3.05, 3.63) is 89.6 Å². The minimum atomic E-state index is -0.0765. The number of amides is 1. The Morgan fingerprint density at radius 1 is 1.00 bits per heavy atom. The molecule has 4 rings (SSSR count). The van der Waals surface area contributed by atoms with Crippen molar-refractivity contribution in [2.45, 2.75) is 25.5 Å². The number of benzene rings is 2. The van der Waals surface area contributed by atoms with Gasteiger partial charge in [0, 0.05) is 11.9 Å². The first kappa shape index (κ1) is 20.8. The largest absolute Gasteiger partial charge is 0.325 e. The normalized spacial score (nSPS) is 10.8. The van der Waals surface area contributed by atoms with Gasteiger partial charge in [0.2, 0.25) is 5.91 Å². The van der Waals surface area contributed by atoms with Crippen LogP contribution in [0.3, 0.4) is 0 Å². The fraction of sp³-hybridized carbons (Fsp3) is 0.167. The molecule has 0 aliphatic rings. The lowest BCUT2D eigenvalue weighted by molar-refractivity contribution is -0.113. The highest BCUT2D eigenvalue weighted by Crippen LogP contribution is 2.24. The lowest BCUT2D eigenvalue weighted by Gasteiger charge is -2.11. The predicted molar refractivity (Wildman–Crippen MR) is 124 cm³/mol. The number of hydrogen-bond acceptors (Lipinski definition) is 5. The summed E-state index contributed by atoms with van der Waals surface area (Å²) < 4.78 is 2.01. The molecule has 0 aliphatic carbocycles. The Labute approximate surface area is 185 Å². The molecule has 1 amide bonds. The summed E-state index contributed by atoms with van der Waals surface area (Å²) in [5.41, 5.74) is 4.86. The summed E-state index contributed by atoms with van der Waals surface area (Å²) in [4.78, 5) is 17.0. The third kappa shape index (κ3) is 5.19. The fourth-order valence-electron chi connectivity index (χ4n) is 3.18. The van der Waals surface area contributed by atoms with Gasteiger partial charge < -0.3 is 5.32 Å². The van der Waals surface area contributed by atoms with Crippen molar-refractivity contribution in [1.82, 2.24) is 19.7 Å². The molecule has 4 aromatic rings. The zero-order valence-corrected chi connectivity index (χ0v) is 18.3. The smallest absolute Gasteiger partial charge is 0.234 e. The van der Waals surface area contributed by atoms with Gasteiger partial charge in [-0.05, 0) is 48.7 Å². The van der Waals surface area contributed by atoms with Gasteiger partial charge in [0.05, 0.1) is 12.3 Å². The number of hydrogen-bond donors (Lipinski definition) is 1. The number of carbonyl (C=O) groups excluding carboxylic acids is 1. The molecule has 0 saturated carbocycles. The van der Waals surface area contributed by atoms with Gasteiger partial charge in [-0.1, -0.05) is 60.3 Å².